The van der Waals surface area contributed by atoms with E-state index in [2.05, 4.69) is 41.1 Å². The van der Waals surface area contributed by atoms with Gasteiger partial charge in [0.2, 0.25) is 0 Å². The highest BCUT2D eigenvalue weighted by Crippen LogP contribution is 2.19. The molecule has 1 fully saturated rings. The van der Waals surface area contributed by atoms with E-state index in [1.807, 2.05) is 12.4 Å². The molecular formula is C15H27N5. The summed E-state index contributed by atoms with van der Waals surface area (Å²) < 4.78 is 0. The largest absolute Gasteiger partial charge is 0.355 e. The van der Waals surface area contributed by atoms with Crippen molar-refractivity contribution in [2.45, 2.75) is 38.8 Å². The molecule has 0 aliphatic carbocycles. The van der Waals surface area contributed by atoms with E-state index in [1.165, 1.54) is 25.9 Å². The van der Waals surface area contributed by atoms with Crippen molar-refractivity contribution >= 4 is 5.82 Å². The van der Waals surface area contributed by atoms with Crippen molar-refractivity contribution in [3.05, 3.63) is 18.1 Å². The lowest BCUT2D eigenvalue weighted by atomic mass is 10.0. The van der Waals surface area contributed by atoms with Crippen molar-refractivity contribution in [3.63, 3.8) is 0 Å². The Balaban J connectivity index is 1.95. The molecule has 1 aliphatic rings. The van der Waals surface area contributed by atoms with Crippen LogP contribution in [0.1, 0.15) is 31.9 Å². The molecule has 2 heterocycles. The molecule has 0 amide bonds. The van der Waals surface area contributed by atoms with Gasteiger partial charge in [0.1, 0.15) is 5.82 Å². The summed E-state index contributed by atoms with van der Waals surface area (Å²) in [7, 11) is 4.33. The van der Waals surface area contributed by atoms with Crippen LogP contribution < -0.4 is 10.2 Å². The van der Waals surface area contributed by atoms with Gasteiger partial charge in [-0.05, 0) is 45.9 Å². The van der Waals surface area contributed by atoms with Crippen LogP contribution in [0.2, 0.25) is 0 Å². The molecule has 1 aromatic heterocycles. The first-order chi connectivity index (χ1) is 9.70. The second kappa shape index (κ2) is 7.55. The number of rotatable bonds is 6. The van der Waals surface area contributed by atoms with E-state index in [1.54, 1.807) is 0 Å². The van der Waals surface area contributed by atoms with Gasteiger partial charge in [0.15, 0.2) is 0 Å². The number of piperidine rings is 1. The van der Waals surface area contributed by atoms with Crippen LogP contribution in [0.4, 0.5) is 5.82 Å². The monoisotopic (exact) mass is 277 g/mol. The van der Waals surface area contributed by atoms with E-state index in [9.17, 15) is 0 Å². The summed E-state index contributed by atoms with van der Waals surface area (Å²) in [5, 5.41) is 3.38. The molecule has 112 valence electrons. The maximum atomic E-state index is 4.73. The number of nitrogens with one attached hydrogen (secondary N) is 1. The summed E-state index contributed by atoms with van der Waals surface area (Å²) in [6, 6.07) is 0.583. The maximum absolute atomic E-state index is 4.73. The Morgan fingerprint density at radius 2 is 2.10 bits per heavy atom. The van der Waals surface area contributed by atoms with E-state index in [0.29, 0.717) is 6.04 Å². The normalized spacial score (nSPS) is 17.4. The summed E-state index contributed by atoms with van der Waals surface area (Å²) in [6.45, 7) is 6.33. The second-order valence-electron chi connectivity index (χ2n) is 5.69. The molecule has 5 heteroatoms. The van der Waals surface area contributed by atoms with Gasteiger partial charge in [0.05, 0.1) is 11.9 Å². The molecule has 1 N–H and O–H groups in total. The molecule has 2 rings (SSSR count). The first-order valence-corrected chi connectivity index (χ1v) is 7.63. The second-order valence-corrected chi connectivity index (χ2v) is 5.69. The van der Waals surface area contributed by atoms with Crippen LogP contribution in [-0.4, -0.2) is 54.6 Å². The van der Waals surface area contributed by atoms with Gasteiger partial charge in [0.25, 0.3) is 0 Å². The quantitative estimate of drug-likeness (QED) is 0.799. The predicted molar refractivity (Wildman–Crippen MR) is 83.0 cm³/mol. The number of nitrogens with zero attached hydrogens (tertiary/aromatic N) is 4. The molecule has 1 aliphatic heterocycles. The van der Waals surface area contributed by atoms with Crippen molar-refractivity contribution in [2.75, 3.05) is 38.6 Å². The lowest BCUT2D eigenvalue weighted by molar-refractivity contribution is 0.252. The van der Waals surface area contributed by atoms with Crippen molar-refractivity contribution in [1.29, 1.82) is 0 Å². The minimum atomic E-state index is 0.583. The van der Waals surface area contributed by atoms with Crippen LogP contribution in [0.15, 0.2) is 12.4 Å². The lowest BCUT2D eigenvalue weighted by Gasteiger charge is -2.35. The fourth-order valence-corrected chi connectivity index (χ4v) is 2.61. The minimum absolute atomic E-state index is 0.583. The van der Waals surface area contributed by atoms with E-state index in [0.717, 1.165) is 31.0 Å². The molecule has 5 nitrogen and oxygen atoms in total. The average molecular weight is 277 g/mol. The smallest absolute Gasteiger partial charge is 0.147 e. The Kier molecular flexibility index (Phi) is 5.73. The molecule has 0 unspecified atom stereocenters. The molecule has 0 spiro atoms. The van der Waals surface area contributed by atoms with Crippen LogP contribution in [-0.2, 0) is 6.54 Å². The topological polar surface area (TPSA) is 44.3 Å². The maximum Gasteiger partial charge on any atom is 0.147 e. The number of hydrogen-bond acceptors (Lipinski definition) is 5. The third kappa shape index (κ3) is 4.15. The van der Waals surface area contributed by atoms with Gasteiger partial charge in [-0.25, -0.2) is 4.98 Å². The van der Waals surface area contributed by atoms with E-state index < -0.39 is 0 Å². The molecule has 20 heavy (non-hydrogen) atoms. The molecule has 1 aromatic rings. The fourth-order valence-electron chi connectivity index (χ4n) is 2.61. The minimum Gasteiger partial charge on any atom is -0.355 e. The Bertz CT molecular complexity index is 401. The number of aromatic nitrogens is 2. The Hall–Kier alpha value is -1.20. The van der Waals surface area contributed by atoms with Gasteiger partial charge >= 0.3 is 0 Å². The molecule has 0 bridgehead atoms. The SMILES string of the molecule is CCCNCc1cncc(N(C)C2CCN(C)CC2)n1. The van der Waals surface area contributed by atoms with Gasteiger partial charge in [-0.15, -0.1) is 0 Å². The van der Waals surface area contributed by atoms with Crippen molar-refractivity contribution in [2.24, 2.45) is 0 Å². The van der Waals surface area contributed by atoms with Crippen molar-refractivity contribution in [1.82, 2.24) is 20.2 Å². The highest BCUT2D eigenvalue weighted by Gasteiger charge is 2.21. The van der Waals surface area contributed by atoms with Crippen LogP contribution in [0.5, 0.6) is 0 Å². The summed E-state index contributed by atoms with van der Waals surface area (Å²) in [5.74, 6) is 0.996. The molecule has 0 aromatic carbocycles. The summed E-state index contributed by atoms with van der Waals surface area (Å²) in [5.41, 5.74) is 1.02. The average Bonchev–Trinajstić information content (AvgIpc) is 2.48. The Labute approximate surface area is 122 Å². The zero-order chi connectivity index (χ0) is 14.4. The first kappa shape index (κ1) is 15.2. The molecule has 0 saturated carbocycles. The third-order valence-electron chi connectivity index (χ3n) is 4.00. The standard InChI is InChI=1S/C15H27N5/c1-4-7-16-10-13-11-17-12-15(18-13)20(3)14-5-8-19(2)9-6-14/h11-12,14,16H,4-10H2,1-3H3. The van der Waals surface area contributed by atoms with Gasteiger partial charge < -0.3 is 15.1 Å². The Morgan fingerprint density at radius 1 is 1.35 bits per heavy atom. The van der Waals surface area contributed by atoms with E-state index >= 15 is 0 Å². The van der Waals surface area contributed by atoms with Crippen LogP contribution in [0.3, 0.4) is 0 Å². The molecule has 1 saturated heterocycles. The highest BCUT2D eigenvalue weighted by atomic mass is 15.2. The van der Waals surface area contributed by atoms with Gasteiger partial charge in [-0.2, -0.15) is 0 Å². The number of hydrogen-bond donors (Lipinski definition) is 1. The number of anilines is 1. The third-order valence-corrected chi connectivity index (χ3v) is 4.00. The van der Waals surface area contributed by atoms with Gasteiger partial charge in [-0.3, -0.25) is 4.98 Å². The van der Waals surface area contributed by atoms with Crippen LogP contribution in [0, 0.1) is 0 Å². The van der Waals surface area contributed by atoms with E-state index in [-0.39, 0.29) is 0 Å². The van der Waals surface area contributed by atoms with Gasteiger partial charge in [0, 0.05) is 25.8 Å². The molecule has 0 radical (unpaired) electrons. The first-order valence-electron chi connectivity index (χ1n) is 7.63. The van der Waals surface area contributed by atoms with Crippen molar-refractivity contribution < 1.29 is 0 Å². The number of likely N-dealkylation sites (tertiary alicyclic amines) is 1. The molecular weight excluding hydrogens is 250 g/mol. The Morgan fingerprint density at radius 3 is 2.80 bits per heavy atom. The van der Waals surface area contributed by atoms with Crippen molar-refractivity contribution in [3.8, 4) is 0 Å². The summed E-state index contributed by atoms with van der Waals surface area (Å²) >= 11 is 0. The fraction of sp³-hybridized carbons (Fsp3) is 0.733. The molecule has 0 atom stereocenters. The zero-order valence-electron chi connectivity index (χ0n) is 13.0. The summed E-state index contributed by atoms with van der Waals surface area (Å²) in [6.07, 6.45) is 7.28. The van der Waals surface area contributed by atoms with Crippen LogP contribution in [0.25, 0.3) is 0 Å². The highest BCUT2D eigenvalue weighted by molar-refractivity contribution is 5.36. The van der Waals surface area contributed by atoms with Crippen LogP contribution >= 0.6 is 0 Å². The lowest BCUT2D eigenvalue weighted by Crippen LogP contribution is -2.42. The predicted octanol–water partition coefficient (Wildman–Crippen LogP) is 1.51. The van der Waals surface area contributed by atoms with E-state index in [4.69, 9.17) is 4.98 Å². The summed E-state index contributed by atoms with van der Waals surface area (Å²) in [4.78, 5) is 13.8. The zero-order valence-corrected chi connectivity index (χ0v) is 13.0. The van der Waals surface area contributed by atoms with Gasteiger partial charge in [-0.1, -0.05) is 6.92 Å².